The first-order valence-electron chi connectivity index (χ1n) is 7.28. The van der Waals surface area contributed by atoms with Gasteiger partial charge in [-0.2, -0.15) is 0 Å². The topological polar surface area (TPSA) is 51.0 Å². The quantitative estimate of drug-likeness (QED) is 0.891. The van der Waals surface area contributed by atoms with Gasteiger partial charge in [0.1, 0.15) is 6.73 Å². The summed E-state index contributed by atoms with van der Waals surface area (Å²) in [5.74, 6) is 0. The summed E-state index contributed by atoms with van der Waals surface area (Å²) >= 11 is 0. The summed E-state index contributed by atoms with van der Waals surface area (Å²) in [4.78, 5) is 4.64. The van der Waals surface area contributed by atoms with Crippen LogP contribution in [0.2, 0.25) is 0 Å². The summed E-state index contributed by atoms with van der Waals surface area (Å²) in [6.45, 7) is 7.86. The zero-order valence-corrected chi connectivity index (χ0v) is 12.0. The van der Waals surface area contributed by atoms with Gasteiger partial charge in [-0.15, -0.1) is 0 Å². The standard InChI is InChI=1S/C15H23N3O2/c1-12-8-13(18-10-14(9-16)20-11-18)2-3-15(12)17-4-6-19-7-5-17/h2-3,8,14H,4-7,9-11,16H2,1H3. The van der Waals surface area contributed by atoms with Crippen molar-refractivity contribution in [1.29, 1.82) is 0 Å². The third kappa shape index (κ3) is 2.75. The highest BCUT2D eigenvalue weighted by atomic mass is 16.5. The first-order chi connectivity index (χ1) is 9.78. The molecular formula is C15H23N3O2. The minimum Gasteiger partial charge on any atom is -0.378 e. The van der Waals surface area contributed by atoms with Crippen LogP contribution in [-0.4, -0.2) is 52.2 Å². The normalized spacial score (nSPS) is 23.4. The Hall–Kier alpha value is -1.30. The van der Waals surface area contributed by atoms with E-state index >= 15 is 0 Å². The van der Waals surface area contributed by atoms with Crippen molar-refractivity contribution in [2.45, 2.75) is 13.0 Å². The molecule has 0 spiro atoms. The number of anilines is 2. The third-order valence-electron chi connectivity index (χ3n) is 4.05. The van der Waals surface area contributed by atoms with Crippen molar-refractivity contribution in [3.8, 4) is 0 Å². The van der Waals surface area contributed by atoms with E-state index in [0.29, 0.717) is 13.3 Å². The van der Waals surface area contributed by atoms with E-state index in [2.05, 4.69) is 34.9 Å². The number of rotatable bonds is 3. The number of ether oxygens (including phenoxy) is 2. The van der Waals surface area contributed by atoms with Gasteiger partial charge in [0.2, 0.25) is 0 Å². The molecule has 2 aliphatic heterocycles. The number of benzene rings is 1. The summed E-state index contributed by atoms with van der Waals surface area (Å²) in [5.41, 5.74) is 9.49. The lowest BCUT2D eigenvalue weighted by molar-refractivity contribution is 0.122. The fourth-order valence-electron chi connectivity index (χ4n) is 2.86. The minimum absolute atomic E-state index is 0.161. The molecule has 110 valence electrons. The molecule has 2 saturated heterocycles. The van der Waals surface area contributed by atoms with Gasteiger partial charge >= 0.3 is 0 Å². The average molecular weight is 277 g/mol. The van der Waals surface area contributed by atoms with Gasteiger partial charge in [-0.3, -0.25) is 0 Å². The second-order valence-corrected chi connectivity index (χ2v) is 5.45. The van der Waals surface area contributed by atoms with Crippen molar-refractivity contribution in [2.75, 3.05) is 55.9 Å². The maximum absolute atomic E-state index is 5.66. The highest BCUT2D eigenvalue weighted by Gasteiger charge is 2.22. The fourth-order valence-corrected chi connectivity index (χ4v) is 2.86. The van der Waals surface area contributed by atoms with Crippen LogP contribution in [-0.2, 0) is 9.47 Å². The van der Waals surface area contributed by atoms with Gasteiger partial charge < -0.3 is 25.0 Å². The van der Waals surface area contributed by atoms with Crippen LogP contribution in [0.1, 0.15) is 5.56 Å². The first-order valence-corrected chi connectivity index (χ1v) is 7.28. The molecule has 0 amide bonds. The molecule has 0 radical (unpaired) electrons. The Morgan fingerprint density at radius 1 is 1.25 bits per heavy atom. The predicted molar refractivity (Wildman–Crippen MR) is 80.4 cm³/mol. The van der Waals surface area contributed by atoms with Crippen LogP contribution in [0.25, 0.3) is 0 Å². The second kappa shape index (κ2) is 5.99. The molecule has 20 heavy (non-hydrogen) atoms. The molecular weight excluding hydrogens is 254 g/mol. The molecule has 1 aromatic rings. The Morgan fingerprint density at radius 3 is 2.70 bits per heavy atom. The lowest BCUT2D eigenvalue weighted by Gasteiger charge is -2.30. The van der Waals surface area contributed by atoms with Crippen molar-refractivity contribution in [3.63, 3.8) is 0 Å². The van der Waals surface area contributed by atoms with E-state index in [9.17, 15) is 0 Å². The third-order valence-corrected chi connectivity index (χ3v) is 4.05. The van der Waals surface area contributed by atoms with Crippen LogP contribution >= 0.6 is 0 Å². The van der Waals surface area contributed by atoms with Crippen molar-refractivity contribution in [2.24, 2.45) is 5.73 Å². The second-order valence-electron chi connectivity index (χ2n) is 5.45. The SMILES string of the molecule is Cc1cc(N2COC(CN)C2)ccc1N1CCOCC1. The van der Waals surface area contributed by atoms with E-state index in [0.717, 1.165) is 32.8 Å². The molecule has 5 heteroatoms. The Bertz CT molecular complexity index is 460. The summed E-state index contributed by atoms with van der Waals surface area (Å²) < 4.78 is 11.0. The van der Waals surface area contributed by atoms with E-state index < -0.39 is 0 Å². The van der Waals surface area contributed by atoms with Crippen molar-refractivity contribution >= 4 is 11.4 Å². The van der Waals surface area contributed by atoms with E-state index in [1.807, 2.05) is 0 Å². The number of morpholine rings is 1. The molecule has 3 rings (SSSR count). The first kappa shape index (κ1) is 13.7. The molecule has 2 N–H and O–H groups in total. The van der Waals surface area contributed by atoms with E-state index in [-0.39, 0.29) is 6.10 Å². The van der Waals surface area contributed by atoms with Gasteiger partial charge in [0, 0.05) is 37.6 Å². The van der Waals surface area contributed by atoms with Crippen LogP contribution in [0.3, 0.4) is 0 Å². The molecule has 5 nitrogen and oxygen atoms in total. The number of hydrogen-bond acceptors (Lipinski definition) is 5. The maximum atomic E-state index is 5.66. The molecule has 0 aliphatic carbocycles. The summed E-state index contributed by atoms with van der Waals surface area (Å²) in [7, 11) is 0. The van der Waals surface area contributed by atoms with Gasteiger partial charge in [-0.1, -0.05) is 0 Å². The summed E-state index contributed by atoms with van der Waals surface area (Å²) in [6.07, 6.45) is 0.161. The Kier molecular flexibility index (Phi) is 4.10. The maximum Gasteiger partial charge on any atom is 0.119 e. The van der Waals surface area contributed by atoms with Crippen molar-refractivity contribution in [3.05, 3.63) is 23.8 Å². The molecule has 0 saturated carbocycles. The summed E-state index contributed by atoms with van der Waals surface area (Å²) in [5, 5.41) is 0. The number of aryl methyl sites for hydroxylation is 1. The van der Waals surface area contributed by atoms with Crippen LogP contribution in [0.4, 0.5) is 11.4 Å². The smallest absolute Gasteiger partial charge is 0.119 e. The fraction of sp³-hybridized carbons (Fsp3) is 0.600. The highest BCUT2D eigenvalue weighted by molar-refractivity contribution is 5.62. The van der Waals surface area contributed by atoms with Crippen LogP contribution in [0, 0.1) is 6.92 Å². The Morgan fingerprint density at radius 2 is 2.05 bits per heavy atom. The van der Waals surface area contributed by atoms with Gasteiger partial charge in [-0.25, -0.2) is 0 Å². The van der Waals surface area contributed by atoms with Crippen molar-refractivity contribution < 1.29 is 9.47 Å². The van der Waals surface area contributed by atoms with E-state index in [1.165, 1.54) is 16.9 Å². The molecule has 0 aromatic heterocycles. The average Bonchev–Trinajstić information content (AvgIpc) is 2.97. The van der Waals surface area contributed by atoms with E-state index in [1.54, 1.807) is 0 Å². The number of hydrogen-bond donors (Lipinski definition) is 1. The van der Waals surface area contributed by atoms with Gasteiger partial charge in [0.25, 0.3) is 0 Å². The van der Waals surface area contributed by atoms with Gasteiger partial charge in [0.15, 0.2) is 0 Å². The minimum atomic E-state index is 0.161. The summed E-state index contributed by atoms with van der Waals surface area (Å²) in [6, 6.07) is 6.64. The van der Waals surface area contributed by atoms with Gasteiger partial charge in [0.05, 0.1) is 19.3 Å². The molecule has 0 bridgehead atoms. The zero-order valence-electron chi connectivity index (χ0n) is 12.0. The lowest BCUT2D eigenvalue weighted by atomic mass is 10.1. The molecule has 1 atom stereocenters. The molecule has 1 unspecified atom stereocenters. The van der Waals surface area contributed by atoms with Crippen LogP contribution in [0.5, 0.6) is 0 Å². The monoisotopic (exact) mass is 277 g/mol. The molecule has 1 aromatic carbocycles. The van der Waals surface area contributed by atoms with Crippen LogP contribution in [0.15, 0.2) is 18.2 Å². The molecule has 2 heterocycles. The van der Waals surface area contributed by atoms with Gasteiger partial charge in [-0.05, 0) is 30.7 Å². The number of nitrogens with zero attached hydrogens (tertiary/aromatic N) is 2. The van der Waals surface area contributed by atoms with Crippen molar-refractivity contribution in [1.82, 2.24) is 0 Å². The Labute approximate surface area is 120 Å². The lowest BCUT2D eigenvalue weighted by Crippen LogP contribution is -2.36. The van der Waals surface area contributed by atoms with E-state index in [4.69, 9.17) is 15.2 Å². The van der Waals surface area contributed by atoms with Crippen LogP contribution < -0.4 is 15.5 Å². The predicted octanol–water partition coefficient (Wildman–Crippen LogP) is 0.953. The molecule has 2 fully saturated rings. The molecule has 2 aliphatic rings. The Balaban J connectivity index is 1.74. The number of nitrogens with two attached hydrogens (primary N) is 1. The largest absolute Gasteiger partial charge is 0.378 e. The highest BCUT2D eigenvalue weighted by Crippen LogP contribution is 2.28. The zero-order chi connectivity index (χ0) is 13.9.